The van der Waals surface area contributed by atoms with Crippen LogP contribution in [0.4, 0.5) is 4.79 Å². The molecule has 1 aliphatic heterocycles. The lowest BCUT2D eigenvalue weighted by molar-refractivity contribution is -0.123. The maximum Gasteiger partial charge on any atom is 0.318 e. The van der Waals surface area contributed by atoms with Gasteiger partial charge in [0.05, 0.1) is 6.04 Å². The average Bonchev–Trinajstić information content (AvgIpc) is 2.72. The number of hydrogen-bond donors (Lipinski definition) is 1. The van der Waals surface area contributed by atoms with E-state index in [4.69, 9.17) is 0 Å². The molecule has 2 aromatic carbocycles. The molecule has 4 heteroatoms. The molecule has 0 spiro atoms. The number of nitrogens with one attached hydrogen (secondary N) is 1. The summed E-state index contributed by atoms with van der Waals surface area (Å²) in [6.45, 7) is 3.18. The van der Waals surface area contributed by atoms with E-state index in [1.165, 1.54) is 0 Å². The van der Waals surface area contributed by atoms with E-state index in [2.05, 4.69) is 5.32 Å². The van der Waals surface area contributed by atoms with Crippen molar-refractivity contribution >= 4 is 11.8 Å². The van der Waals surface area contributed by atoms with Crippen LogP contribution in [0.15, 0.2) is 60.7 Å². The Morgan fingerprint density at radius 3 is 1.92 bits per heavy atom. The fourth-order valence-electron chi connectivity index (χ4n) is 3.56. The molecule has 0 unspecified atom stereocenters. The Bertz CT molecular complexity index is 683. The van der Waals surface area contributed by atoms with Gasteiger partial charge in [-0.2, -0.15) is 0 Å². The van der Waals surface area contributed by atoms with E-state index in [1.54, 1.807) is 0 Å². The van der Waals surface area contributed by atoms with Crippen LogP contribution >= 0.6 is 0 Å². The van der Waals surface area contributed by atoms with Gasteiger partial charge >= 0.3 is 6.03 Å². The zero-order valence-corrected chi connectivity index (χ0v) is 15.2. The number of amides is 2. The number of carbonyl (C=O) groups is 2. The van der Waals surface area contributed by atoms with Crippen LogP contribution in [0.25, 0.3) is 0 Å². The van der Waals surface area contributed by atoms with Crippen LogP contribution in [0.2, 0.25) is 0 Å². The highest BCUT2D eigenvalue weighted by Gasteiger charge is 2.27. The van der Waals surface area contributed by atoms with E-state index in [0.717, 1.165) is 24.0 Å². The molecule has 0 aromatic heterocycles. The Balaban J connectivity index is 1.70. The standard InChI is InChI=1S/C22H26N2O2/c1-2-20(25)17-13-15-24(16-14-17)22(26)23-21(18-9-5-3-6-10-18)19-11-7-4-8-12-19/h3-12,17,21H,2,13-16H2,1H3,(H,23,26). The van der Waals surface area contributed by atoms with Gasteiger partial charge in [0.15, 0.2) is 0 Å². The number of urea groups is 1. The topological polar surface area (TPSA) is 49.4 Å². The molecule has 0 aliphatic carbocycles. The highest BCUT2D eigenvalue weighted by Crippen LogP contribution is 2.24. The normalized spacial score (nSPS) is 15.1. The van der Waals surface area contributed by atoms with E-state index < -0.39 is 0 Å². The molecule has 1 fully saturated rings. The van der Waals surface area contributed by atoms with Crippen LogP contribution in [0.5, 0.6) is 0 Å². The van der Waals surface area contributed by atoms with Gasteiger partial charge in [-0.05, 0) is 24.0 Å². The van der Waals surface area contributed by atoms with Crippen molar-refractivity contribution in [1.82, 2.24) is 10.2 Å². The first kappa shape index (κ1) is 18.2. The zero-order chi connectivity index (χ0) is 18.4. The summed E-state index contributed by atoms with van der Waals surface area (Å²) in [4.78, 5) is 26.5. The Morgan fingerprint density at radius 1 is 0.962 bits per heavy atom. The predicted molar refractivity (Wildman–Crippen MR) is 103 cm³/mol. The molecule has 136 valence electrons. The van der Waals surface area contributed by atoms with Gasteiger partial charge in [0.25, 0.3) is 0 Å². The highest BCUT2D eigenvalue weighted by molar-refractivity contribution is 5.81. The summed E-state index contributed by atoms with van der Waals surface area (Å²) < 4.78 is 0. The van der Waals surface area contributed by atoms with Crippen LogP contribution in [0.3, 0.4) is 0 Å². The third-order valence-corrected chi connectivity index (χ3v) is 5.12. The minimum Gasteiger partial charge on any atom is -0.327 e. The van der Waals surface area contributed by atoms with E-state index >= 15 is 0 Å². The van der Waals surface area contributed by atoms with Gasteiger partial charge in [0, 0.05) is 25.4 Å². The van der Waals surface area contributed by atoms with E-state index in [-0.39, 0.29) is 18.0 Å². The van der Waals surface area contributed by atoms with Gasteiger partial charge in [0.2, 0.25) is 0 Å². The van der Waals surface area contributed by atoms with Crippen molar-refractivity contribution in [1.29, 1.82) is 0 Å². The second kappa shape index (κ2) is 8.65. The third kappa shape index (κ3) is 4.31. The SMILES string of the molecule is CCC(=O)C1CCN(C(=O)NC(c2ccccc2)c2ccccc2)CC1. The predicted octanol–water partition coefficient (Wildman–Crippen LogP) is 4.18. The highest BCUT2D eigenvalue weighted by atomic mass is 16.2. The summed E-state index contributed by atoms with van der Waals surface area (Å²) in [7, 11) is 0. The summed E-state index contributed by atoms with van der Waals surface area (Å²) in [5, 5.41) is 3.18. The number of piperidine rings is 1. The smallest absolute Gasteiger partial charge is 0.318 e. The number of hydrogen-bond acceptors (Lipinski definition) is 2. The van der Waals surface area contributed by atoms with Crippen LogP contribution in [0, 0.1) is 5.92 Å². The number of likely N-dealkylation sites (tertiary alicyclic amines) is 1. The second-order valence-corrected chi connectivity index (χ2v) is 6.79. The van der Waals surface area contributed by atoms with E-state index in [0.29, 0.717) is 25.3 Å². The summed E-state index contributed by atoms with van der Waals surface area (Å²) >= 11 is 0. The van der Waals surface area contributed by atoms with Crippen LogP contribution in [-0.4, -0.2) is 29.8 Å². The Kier molecular flexibility index (Phi) is 6.05. The van der Waals surface area contributed by atoms with Gasteiger partial charge in [-0.15, -0.1) is 0 Å². The summed E-state index contributed by atoms with van der Waals surface area (Å²) in [6, 6.07) is 19.8. The van der Waals surface area contributed by atoms with Crippen LogP contribution in [-0.2, 0) is 4.79 Å². The molecule has 1 heterocycles. The number of rotatable bonds is 5. The van der Waals surface area contributed by atoms with Gasteiger partial charge in [-0.3, -0.25) is 4.79 Å². The summed E-state index contributed by atoms with van der Waals surface area (Å²) in [5.41, 5.74) is 2.12. The maximum atomic E-state index is 12.8. The quantitative estimate of drug-likeness (QED) is 0.879. The van der Waals surface area contributed by atoms with Crippen molar-refractivity contribution in [2.75, 3.05) is 13.1 Å². The van der Waals surface area contributed by atoms with Crippen LogP contribution in [0.1, 0.15) is 43.4 Å². The Labute approximate surface area is 155 Å². The molecule has 0 radical (unpaired) electrons. The minimum absolute atomic E-state index is 0.0647. The van der Waals surface area contributed by atoms with Gasteiger partial charge in [0.1, 0.15) is 5.78 Å². The van der Waals surface area contributed by atoms with Crippen molar-refractivity contribution in [3.8, 4) is 0 Å². The maximum absolute atomic E-state index is 12.8. The molecule has 1 aliphatic rings. The van der Waals surface area contributed by atoms with E-state index in [1.807, 2.05) is 72.5 Å². The second-order valence-electron chi connectivity index (χ2n) is 6.79. The van der Waals surface area contributed by atoms with Gasteiger partial charge in [-0.25, -0.2) is 4.79 Å². The number of nitrogens with zero attached hydrogens (tertiary/aromatic N) is 1. The lowest BCUT2D eigenvalue weighted by Crippen LogP contribution is -2.46. The van der Waals surface area contributed by atoms with Crippen molar-refractivity contribution < 1.29 is 9.59 Å². The fourth-order valence-corrected chi connectivity index (χ4v) is 3.56. The van der Waals surface area contributed by atoms with Crippen molar-refractivity contribution in [3.05, 3.63) is 71.8 Å². The molecule has 1 saturated heterocycles. The molecule has 0 atom stereocenters. The lowest BCUT2D eigenvalue weighted by atomic mass is 9.91. The molecule has 26 heavy (non-hydrogen) atoms. The number of ketones is 1. The lowest BCUT2D eigenvalue weighted by Gasteiger charge is -2.33. The molecular formula is C22H26N2O2. The molecule has 2 aromatic rings. The van der Waals surface area contributed by atoms with Gasteiger partial charge in [-0.1, -0.05) is 67.6 Å². The first-order valence-electron chi connectivity index (χ1n) is 9.37. The third-order valence-electron chi connectivity index (χ3n) is 5.12. The fraction of sp³-hybridized carbons (Fsp3) is 0.364. The summed E-state index contributed by atoms with van der Waals surface area (Å²) in [6.07, 6.45) is 2.11. The summed E-state index contributed by atoms with van der Waals surface area (Å²) in [5.74, 6) is 0.430. The average molecular weight is 350 g/mol. The monoisotopic (exact) mass is 350 g/mol. The molecular weight excluding hydrogens is 324 g/mol. The number of benzene rings is 2. The van der Waals surface area contributed by atoms with Crippen LogP contribution < -0.4 is 5.32 Å². The van der Waals surface area contributed by atoms with E-state index in [9.17, 15) is 9.59 Å². The Morgan fingerprint density at radius 2 is 1.46 bits per heavy atom. The largest absolute Gasteiger partial charge is 0.327 e. The Hall–Kier alpha value is -2.62. The van der Waals surface area contributed by atoms with Crippen molar-refractivity contribution in [2.24, 2.45) is 5.92 Å². The van der Waals surface area contributed by atoms with Crippen molar-refractivity contribution in [3.63, 3.8) is 0 Å². The number of carbonyl (C=O) groups excluding carboxylic acids is 2. The minimum atomic E-state index is -0.181. The van der Waals surface area contributed by atoms with Gasteiger partial charge < -0.3 is 10.2 Å². The molecule has 2 amide bonds. The molecule has 0 bridgehead atoms. The van der Waals surface area contributed by atoms with Crippen molar-refractivity contribution in [2.45, 2.75) is 32.2 Å². The first-order valence-corrected chi connectivity index (χ1v) is 9.37. The molecule has 1 N–H and O–H groups in total. The zero-order valence-electron chi connectivity index (χ0n) is 15.2. The molecule has 0 saturated carbocycles. The number of Topliss-reactive ketones (excluding diaryl/α,β-unsaturated/α-hetero) is 1. The molecule has 3 rings (SSSR count). The molecule has 4 nitrogen and oxygen atoms in total. The first-order chi connectivity index (χ1) is 12.7.